The number of hydrogen-bond acceptors (Lipinski definition) is 4. The molecule has 0 fully saturated rings. The van der Waals surface area contributed by atoms with Gasteiger partial charge in [-0.3, -0.25) is 9.36 Å². The van der Waals surface area contributed by atoms with E-state index in [9.17, 15) is 9.59 Å². The van der Waals surface area contributed by atoms with Crippen LogP contribution in [0.1, 0.15) is 0 Å². The molecule has 118 valence electrons. The number of thioether (sulfide) groups is 1. The summed E-state index contributed by atoms with van der Waals surface area (Å²) in [6.07, 6.45) is 0. The van der Waals surface area contributed by atoms with Crippen LogP contribution in [0.15, 0.2) is 68.7 Å². The number of oxazole rings is 1. The van der Waals surface area contributed by atoms with Crippen molar-refractivity contribution < 1.29 is 9.21 Å². The summed E-state index contributed by atoms with van der Waals surface area (Å²) in [4.78, 5) is 25.0. The highest BCUT2D eigenvalue weighted by Crippen LogP contribution is 2.15. The summed E-state index contributed by atoms with van der Waals surface area (Å²) in [5.74, 6) is 0.0592. The molecule has 0 spiro atoms. The molecule has 0 aliphatic carbocycles. The molecule has 0 aliphatic rings. The van der Waals surface area contributed by atoms with Crippen molar-refractivity contribution in [1.82, 2.24) is 9.88 Å². The van der Waals surface area contributed by atoms with E-state index in [1.54, 1.807) is 30.0 Å². The van der Waals surface area contributed by atoms with E-state index >= 15 is 0 Å². The smallest absolute Gasteiger partial charge is 0.408 e. The standard InChI is InChI=1S/C17H16N2O3S/c20-16(18-10-11-23-13-6-2-1-3-7-13)12-19-14-8-4-5-9-15(14)22-17(19)21/h1-9H,10-12H2,(H,18,20). The highest BCUT2D eigenvalue weighted by Gasteiger charge is 2.11. The van der Waals surface area contributed by atoms with Crippen LogP contribution in [-0.2, 0) is 11.3 Å². The van der Waals surface area contributed by atoms with Gasteiger partial charge in [0.2, 0.25) is 5.91 Å². The van der Waals surface area contributed by atoms with E-state index in [0.717, 1.165) is 5.75 Å². The van der Waals surface area contributed by atoms with Gasteiger partial charge in [0.25, 0.3) is 0 Å². The maximum absolute atomic E-state index is 12.0. The third-order valence-corrected chi connectivity index (χ3v) is 4.33. The molecule has 0 saturated heterocycles. The third kappa shape index (κ3) is 3.84. The summed E-state index contributed by atoms with van der Waals surface area (Å²) in [7, 11) is 0. The van der Waals surface area contributed by atoms with Gasteiger partial charge >= 0.3 is 5.76 Å². The number of nitrogens with zero attached hydrogens (tertiary/aromatic N) is 1. The predicted octanol–water partition coefficient (Wildman–Crippen LogP) is 2.50. The van der Waals surface area contributed by atoms with Gasteiger partial charge in [-0.25, -0.2) is 4.79 Å². The molecule has 1 N–H and O–H groups in total. The lowest BCUT2D eigenvalue weighted by Crippen LogP contribution is -2.32. The molecular formula is C17H16N2O3S. The average Bonchev–Trinajstić information content (AvgIpc) is 2.88. The summed E-state index contributed by atoms with van der Waals surface area (Å²) in [6.45, 7) is 0.509. The van der Waals surface area contributed by atoms with Crippen LogP contribution < -0.4 is 11.1 Å². The normalized spacial score (nSPS) is 10.8. The molecule has 1 aromatic heterocycles. The molecule has 3 aromatic rings. The molecule has 1 amide bonds. The molecule has 0 radical (unpaired) electrons. The molecule has 1 heterocycles. The first-order valence-corrected chi connectivity index (χ1v) is 8.25. The maximum Gasteiger partial charge on any atom is 0.420 e. The highest BCUT2D eigenvalue weighted by molar-refractivity contribution is 7.99. The molecule has 0 atom stereocenters. The van der Waals surface area contributed by atoms with Crippen molar-refractivity contribution in [2.75, 3.05) is 12.3 Å². The van der Waals surface area contributed by atoms with Crippen molar-refractivity contribution in [3.63, 3.8) is 0 Å². The number of carbonyl (C=O) groups is 1. The number of rotatable bonds is 6. The van der Waals surface area contributed by atoms with Crippen LogP contribution in [0.25, 0.3) is 11.1 Å². The van der Waals surface area contributed by atoms with Gasteiger partial charge < -0.3 is 9.73 Å². The van der Waals surface area contributed by atoms with E-state index in [1.807, 2.05) is 36.4 Å². The zero-order valence-electron chi connectivity index (χ0n) is 12.4. The van der Waals surface area contributed by atoms with Gasteiger partial charge in [-0.05, 0) is 24.3 Å². The molecule has 0 aliphatic heterocycles. The predicted molar refractivity (Wildman–Crippen MR) is 90.6 cm³/mol. The Bertz CT molecular complexity index is 855. The van der Waals surface area contributed by atoms with E-state index in [1.165, 1.54) is 9.46 Å². The zero-order valence-corrected chi connectivity index (χ0v) is 13.2. The van der Waals surface area contributed by atoms with Crippen molar-refractivity contribution in [3.05, 3.63) is 65.1 Å². The van der Waals surface area contributed by atoms with Crippen LogP contribution in [0.5, 0.6) is 0 Å². The Labute approximate surface area is 137 Å². The molecule has 0 bridgehead atoms. The Morgan fingerprint density at radius 2 is 1.83 bits per heavy atom. The van der Waals surface area contributed by atoms with E-state index in [2.05, 4.69) is 5.32 Å². The SMILES string of the molecule is O=C(Cn1c(=O)oc2ccccc21)NCCSc1ccccc1. The first-order valence-electron chi connectivity index (χ1n) is 7.27. The van der Waals surface area contributed by atoms with Gasteiger partial charge in [0, 0.05) is 17.2 Å². The molecular weight excluding hydrogens is 312 g/mol. The second-order valence-corrected chi connectivity index (χ2v) is 6.10. The quantitative estimate of drug-likeness (QED) is 0.558. The van der Waals surface area contributed by atoms with Crippen LogP contribution in [0, 0.1) is 0 Å². The van der Waals surface area contributed by atoms with Gasteiger partial charge in [-0.1, -0.05) is 30.3 Å². The number of benzene rings is 2. The lowest BCUT2D eigenvalue weighted by molar-refractivity contribution is -0.121. The summed E-state index contributed by atoms with van der Waals surface area (Å²) in [5, 5.41) is 2.82. The highest BCUT2D eigenvalue weighted by atomic mass is 32.2. The van der Waals surface area contributed by atoms with Crippen molar-refractivity contribution in [2.24, 2.45) is 0 Å². The van der Waals surface area contributed by atoms with Gasteiger partial charge in [-0.15, -0.1) is 11.8 Å². The number of aromatic nitrogens is 1. The van der Waals surface area contributed by atoms with Crippen molar-refractivity contribution in [1.29, 1.82) is 0 Å². The number of fused-ring (bicyclic) bond motifs is 1. The van der Waals surface area contributed by atoms with Crippen molar-refractivity contribution in [2.45, 2.75) is 11.4 Å². The fourth-order valence-electron chi connectivity index (χ4n) is 2.24. The van der Waals surface area contributed by atoms with E-state index in [4.69, 9.17) is 4.42 Å². The van der Waals surface area contributed by atoms with Crippen LogP contribution in [-0.4, -0.2) is 22.8 Å². The maximum atomic E-state index is 12.0. The van der Waals surface area contributed by atoms with E-state index in [0.29, 0.717) is 17.6 Å². The third-order valence-electron chi connectivity index (χ3n) is 3.31. The number of amides is 1. The molecule has 3 rings (SSSR count). The summed E-state index contributed by atoms with van der Waals surface area (Å²) in [5.41, 5.74) is 1.12. The van der Waals surface area contributed by atoms with Gasteiger partial charge in [-0.2, -0.15) is 0 Å². The van der Waals surface area contributed by atoms with Gasteiger partial charge in [0.15, 0.2) is 5.58 Å². The zero-order chi connectivity index (χ0) is 16.1. The van der Waals surface area contributed by atoms with Crippen LogP contribution in [0.2, 0.25) is 0 Å². The Morgan fingerprint density at radius 1 is 1.09 bits per heavy atom. The minimum absolute atomic E-state index is 0.0359. The summed E-state index contributed by atoms with van der Waals surface area (Å²) < 4.78 is 6.45. The summed E-state index contributed by atoms with van der Waals surface area (Å²) >= 11 is 1.67. The first kappa shape index (κ1) is 15.4. The second-order valence-electron chi connectivity index (χ2n) is 4.93. The second kappa shape index (κ2) is 7.19. The molecule has 2 aromatic carbocycles. The molecule has 5 nitrogen and oxygen atoms in total. The lowest BCUT2D eigenvalue weighted by atomic mass is 10.3. The molecule has 23 heavy (non-hydrogen) atoms. The largest absolute Gasteiger partial charge is 0.420 e. The molecule has 0 saturated carbocycles. The Hall–Kier alpha value is -2.47. The minimum Gasteiger partial charge on any atom is -0.408 e. The van der Waals surface area contributed by atoms with Crippen LogP contribution in [0.4, 0.5) is 0 Å². The minimum atomic E-state index is -0.514. The lowest BCUT2D eigenvalue weighted by Gasteiger charge is -2.05. The van der Waals surface area contributed by atoms with Crippen molar-refractivity contribution in [3.8, 4) is 0 Å². The first-order chi connectivity index (χ1) is 11.2. The monoisotopic (exact) mass is 328 g/mol. The topological polar surface area (TPSA) is 64.2 Å². The van der Waals surface area contributed by atoms with E-state index in [-0.39, 0.29) is 12.5 Å². The number of hydrogen-bond donors (Lipinski definition) is 1. The Balaban J connectivity index is 1.53. The Kier molecular flexibility index (Phi) is 4.83. The molecule has 6 heteroatoms. The fourth-order valence-corrected chi connectivity index (χ4v) is 3.03. The number of carbonyl (C=O) groups excluding carboxylic acids is 1. The van der Waals surface area contributed by atoms with Gasteiger partial charge in [0.05, 0.1) is 5.52 Å². The number of para-hydroxylation sites is 2. The summed E-state index contributed by atoms with van der Waals surface area (Å²) in [6, 6.07) is 17.1. The van der Waals surface area contributed by atoms with Crippen LogP contribution >= 0.6 is 11.8 Å². The van der Waals surface area contributed by atoms with Crippen LogP contribution in [0.3, 0.4) is 0 Å². The average molecular weight is 328 g/mol. The number of nitrogens with one attached hydrogen (secondary N) is 1. The Morgan fingerprint density at radius 3 is 2.65 bits per heavy atom. The van der Waals surface area contributed by atoms with Gasteiger partial charge in [0.1, 0.15) is 6.54 Å². The van der Waals surface area contributed by atoms with Crippen molar-refractivity contribution >= 4 is 28.8 Å². The van der Waals surface area contributed by atoms with E-state index < -0.39 is 5.76 Å². The fraction of sp³-hybridized carbons (Fsp3) is 0.176. The molecule has 0 unspecified atom stereocenters.